The summed E-state index contributed by atoms with van der Waals surface area (Å²) in [6, 6.07) is 8.31. The standard InChI is InChI=1S/C24H26N2O2S/c1-4-5-6-9-12-26-18-10-7-8-11-19(18)29-20(26)14-17-23(27)21(24(17)28)22-15(2)13-16(3)25-22/h7-8,10-11,13-14,27H,4-6,9,12H2,1-3H3/b20-14-,22-21-. The summed E-state index contributed by atoms with van der Waals surface area (Å²) in [6.45, 7) is 6.94. The number of rotatable bonds is 6. The van der Waals surface area contributed by atoms with Crippen molar-refractivity contribution in [2.45, 2.75) is 51.3 Å². The summed E-state index contributed by atoms with van der Waals surface area (Å²) in [5.74, 6) is -0.0649. The topological polar surface area (TPSA) is 52.9 Å². The van der Waals surface area contributed by atoms with Crippen LogP contribution in [-0.4, -0.2) is 23.1 Å². The van der Waals surface area contributed by atoms with Crippen molar-refractivity contribution in [2.75, 3.05) is 11.4 Å². The second-order valence-electron chi connectivity index (χ2n) is 7.66. The molecule has 3 aliphatic rings. The average molecular weight is 407 g/mol. The summed E-state index contributed by atoms with van der Waals surface area (Å²) in [5.41, 5.74) is 4.29. The lowest BCUT2D eigenvalue weighted by Crippen LogP contribution is -2.25. The lowest BCUT2D eigenvalue weighted by molar-refractivity contribution is -0.113. The van der Waals surface area contributed by atoms with Crippen LogP contribution in [0.1, 0.15) is 46.5 Å². The predicted molar refractivity (Wildman–Crippen MR) is 120 cm³/mol. The molecular formula is C24H26N2O2S. The van der Waals surface area contributed by atoms with Gasteiger partial charge in [-0.2, -0.15) is 0 Å². The number of hydrogen-bond donors (Lipinski definition) is 1. The van der Waals surface area contributed by atoms with Crippen LogP contribution in [-0.2, 0) is 4.79 Å². The Hall–Kier alpha value is -2.53. The lowest BCUT2D eigenvalue weighted by atomic mass is 9.85. The zero-order chi connectivity index (χ0) is 20.5. The number of aliphatic imine (C=N–C) groups is 1. The van der Waals surface area contributed by atoms with Crippen molar-refractivity contribution in [3.63, 3.8) is 0 Å². The Morgan fingerprint density at radius 3 is 2.66 bits per heavy atom. The smallest absolute Gasteiger partial charge is 0.202 e. The third-order valence-corrected chi connectivity index (χ3v) is 6.54. The molecule has 4 nitrogen and oxygen atoms in total. The van der Waals surface area contributed by atoms with Crippen LogP contribution in [0.4, 0.5) is 5.69 Å². The van der Waals surface area contributed by atoms with Crippen molar-refractivity contribution < 1.29 is 9.90 Å². The maximum absolute atomic E-state index is 12.8. The number of thioether (sulfide) groups is 1. The van der Waals surface area contributed by atoms with Crippen LogP contribution in [0.15, 0.2) is 79.5 Å². The van der Waals surface area contributed by atoms with E-state index in [0.717, 1.165) is 29.3 Å². The third-order valence-electron chi connectivity index (χ3n) is 5.43. The van der Waals surface area contributed by atoms with E-state index in [1.807, 2.05) is 38.1 Å². The van der Waals surface area contributed by atoms with Gasteiger partial charge in [0.25, 0.3) is 0 Å². The number of unbranched alkanes of at least 4 members (excludes halogenated alkanes) is 3. The molecule has 150 valence electrons. The van der Waals surface area contributed by atoms with E-state index in [1.165, 1.54) is 29.8 Å². The number of Topliss-reactive ketones (excluding diaryl/α,β-unsaturated/α-hetero) is 1. The first kappa shape index (κ1) is 19.8. The SMILES string of the molecule is CCCCCCN1/C(=C/C2=C(O)C(=C3/N=C(C)C=C3C)/C2=O)Sc2ccccc21. The van der Waals surface area contributed by atoms with Crippen molar-refractivity contribution in [1.82, 2.24) is 0 Å². The molecule has 0 aromatic heterocycles. The molecule has 2 heterocycles. The number of benzene rings is 1. The van der Waals surface area contributed by atoms with Crippen LogP contribution in [0.25, 0.3) is 0 Å². The van der Waals surface area contributed by atoms with E-state index in [-0.39, 0.29) is 11.5 Å². The van der Waals surface area contributed by atoms with Gasteiger partial charge < -0.3 is 10.0 Å². The van der Waals surface area contributed by atoms with E-state index in [0.29, 0.717) is 16.8 Å². The maximum atomic E-state index is 12.8. The molecule has 29 heavy (non-hydrogen) atoms. The van der Waals surface area contributed by atoms with Gasteiger partial charge in [0.05, 0.1) is 27.6 Å². The molecule has 4 rings (SSSR count). The van der Waals surface area contributed by atoms with E-state index in [1.54, 1.807) is 11.8 Å². The fraction of sp³-hybridized carbons (Fsp3) is 0.333. The third kappa shape index (κ3) is 3.60. The van der Waals surface area contributed by atoms with E-state index >= 15 is 0 Å². The van der Waals surface area contributed by atoms with Crippen molar-refractivity contribution >= 4 is 28.9 Å². The van der Waals surface area contributed by atoms with Gasteiger partial charge in [0.15, 0.2) is 0 Å². The van der Waals surface area contributed by atoms with Gasteiger partial charge in [0.2, 0.25) is 5.78 Å². The highest BCUT2D eigenvalue weighted by molar-refractivity contribution is 8.03. The second-order valence-corrected chi connectivity index (χ2v) is 8.72. The average Bonchev–Trinajstić information content (AvgIpc) is 3.22. The first-order valence-corrected chi connectivity index (χ1v) is 11.1. The van der Waals surface area contributed by atoms with Crippen molar-refractivity contribution in [3.05, 3.63) is 69.6 Å². The van der Waals surface area contributed by atoms with Crippen LogP contribution >= 0.6 is 11.8 Å². The zero-order valence-electron chi connectivity index (χ0n) is 17.2. The molecule has 1 N–H and O–H groups in total. The van der Waals surface area contributed by atoms with Crippen LogP contribution in [0.3, 0.4) is 0 Å². The monoisotopic (exact) mass is 406 g/mol. The Morgan fingerprint density at radius 1 is 1.17 bits per heavy atom. The van der Waals surface area contributed by atoms with Crippen LogP contribution < -0.4 is 4.90 Å². The summed E-state index contributed by atoms with van der Waals surface area (Å²) in [4.78, 5) is 20.7. The number of anilines is 1. The minimum atomic E-state index is -0.126. The van der Waals surface area contributed by atoms with E-state index in [2.05, 4.69) is 28.9 Å². The van der Waals surface area contributed by atoms with Gasteiger partial charge >= 0.3 is 0 Å². The molecule has 0 atom stereocenters. The van der Waals surface area contributed by atoms with Gasteiger partial charge in [-0.15, -0.1) is 0 Å². The van der Waals surface area contributed by atoms with E-state index in [9.17, 15) is 9.90 Å². The molecule has 1 aromatic carbocycles. The molecule has 1 aromatic rings. The minimum Gasteiger partial charge on any atom is -0.506 e. The maximum Gasteiger partial charge on any atom is 0.202 e. The first-order chi connectivity index (χ1) is 14.0. The highest BCUT2D eigenvalue weighted by Gasteiger charge is 2.38. The largest absolute Gasteiger partial charge is 0.506 e. The number of para-hydroxylation sites is 1. The molecule has 0 radical (unpaired) electrons. The quantitative estimate of drug-likeness (QED) is 0.459. The van der Waals surface area contributed by atoms with E-state index < -0.39 is 0 Å². The molecular weight excluding hydrogens is 380 g/mol. The van der Waals surface area contributed by atoms with Gasteiger partial charge in [-0.1, -0.05) is 50.1 Å². The van der Waals surface area contributed by atoms with Crippen molar-refractivity contribution in [2.24, 2.45) is 4.99 Å². The lowest BCUT2D eigenvalue weighted by Gasteiger charge is -2.24. The fourth-order valence-corrected chi connectivity index (χ4v) is 5.05. The molecule has 0 unspecified atom stereocenters. The summed E-state index contributed by atoms with van der Waals surface area (Å²) in [6.07, 6.45) is 8.51. The van der Waals surface area contributed by atoms with Crippen LogP contribution in [0, 0.1) is 0 Å². The summed E-state index contributed by atoms with van der Waals surface area (Å²) in [7, 11) is 0. The van der Waals surface area contributed by atoms with Gasteiger partial charge in [-0.25, -0.2) is 0 Å². The number of fused-ring (bicyclic) bond motifs is 1. The molecule has 5 heteroatoms. The number of nitrogens with zero attached hydrogens (tertiary/aromatic N) is 2. The van der Waals surface area contributed by atoms with Crippen LogP contribution in [0.5, 0.6) is 0 Å². The number of carbonyl (C=O) groups excluding carboxylic acids is 1. The number of ketones is 1. The zero-order valence-corrected chi connectivity index (χ0v) is 18.0. The highest BCUT2D eigenvalue weighted by atomic mass is 32.2. The Kier molecular flexibility index (Phi) is 5.50. The number of aliphatic hydroxyl groups excluding tert-OH is 1. The summed E-state index contributed by atoms with van der Waals surface area (Å²) in [5, 5.41) is 11.6. The Labute approximate surface area is 176 Å². The normalized spacial score (nSPS) is 22.2. The Morgan fingerprint density at radius 2 is 1.97 bits per heavy atom. The number of hydrogen-bond acceptors (Lipinski definition) is 5. The van der Waals surface area contributed by atoms with Gasteiger partial charge in [0.1, 0.15) is 5.76 Å². The molecule has 0 spiro atoms. The number of carbonyl (C=O) groups is 1. The fourth-order valence-electron chi connectivity index (χ4n) is 3.92. The van der Waals surface area contributed by atoms with Crippen molar-refractivity contribution in [1.29, 1.82) is 0 Å². The Bertz CT molecular complexity index is 1030. The molecule has 1 aliphatic carbocycles. The second kappa shape index (κ2) is 8.07. The number of aliphatic hydroxyl groups is 1. The summed E-state index contributed by atoms with van der Waals surface area (Å²) < 4.78 is 0. The molecule has 0 fully saturated rings. The van der Waals surface area contributed by atoms with E-state index in [4.69, 9.17) is 0 Å². The van der Waals surface area contributed by atoms with Gasteiger partial charge in [-0.3, -0.25) is 9.79 Å². The van der Waals surface area contributed by atoms with Crippen molar-refractivity contribution in [3.8, 4) is 0 Å². The Balaban J connectivity index is 1.64. The minimum absolute atomic E-state index is 0.0613. The highest BCUT2D eigenvalue weighted by Crippen LogP contribution is 2.47. The van der Waals surface area contributed by atoms with Gasteiger partial charge in [0, 0.05) is 17.2 Å². The van der Waals surface area contributed by atoms with Crippen LogP contribution in [0.2, 0.25) is 0 Å². The molecule has 0 saturated carbocycles. The number of allylic oxidation sites excluding steroid dienone is 5. The molecule has 0 saturated heterocycles. The molecule has 0 amide bonds. The summed E-state index contributed by atoms with van der Waals surface area (Å²) >= 11 is 1.66. The molecule has 2 aliphatic heterocycles. The molecule has 0 bridgehead atoms. The predicted octanol–water partition coefficient (Wildman–Crippen LogP) is 6.09. The van der Waals surface area contributed by atoms with Gasteiger partial charge in [-0.05, 0) is 50.1 Å². The first-order valence-electron chi connectivity index (χ1n) is 10.2.